The van der Waals surface area contributed by atoms with Crippen LogP contribution in [-0.2, 0) is 6.54 Å². The Balaban J connectivity index is 1.37. The number of ether oxygens (including phenoxy) is 1. The maximum Gasteiger partial charge on any atom is 0.273 e. The minimum absolute atomic E-state index is 0.244. The third-order valence-corrected chi connectivity index (χ3v) is 3.95. The highest BCUT2D eigenvalue weighted by atomic mass is 16.5. The zero-order valence-electron chi connectivity index (χ0n) is 13.5. The van der Waals surface area contributed by atoms with Gasteiger partial charge in [-0.1, -0.05) is 23.4 Å². The molecule has 1 amide bonds. The Labute approximate surface area is 144 Å². The van der Waals surface area contributed by atoms with Gasteiger partial charge < -0.3 is 14.6 Å². The van der Waals surface area contributed by atoms with Gasteiger partial charge in [0.1, 0.15) is 11.5 Å². The van der Waals surface area contributed by atoms with Crippen molar-refractivity contribution in [2.75, 3.05) is 0 Å². The lowest BCUT2D eigenvalue weighted by Gasteiger charge is -2.07. The van der Waals surface area contributed by atoms with E-state index >= 15 is 0 Å². The first-order valence-corrected chi connectivity index (χ1v) is 8.20. The van der Waals surface area contributed by atoms with Gasteiger partial charge in [0.2, 0.25) is 5.88 Å². The molecule has 25 heavy (non-hydrogen) atoms. The summed E-state index contributed by atoms with van der Waals surface area (Å²) < 4.78 is 10.9. The van der Waals surface area contributed by atoms with Crippen LogP contribution in [-0.4, -0.2) is 16.0 Å². The first-order valence-electron chi connectivity index (χ1n) is 8.20. The number of nitrogens with zero attached hydrogens (tertiary/aromatic N) is 2. The smallest absolute Gasteiger partial charge is 0.273 e. The molecule has 1 saturated carbocycles. The zero-order chi connectivity index (χ0) is 17.1. The number of carbonyl (C=O) groups excluding carboxylic acids is 1. The molecular formula is C19H17N3O3. The summed E-state index contributed by atoms with van der Waals surface area (Å²) in [6.45, 7) is 0.379. The SMILES string of the molecule is O=C(NCc1cccc(Oc2ccccn2)c1)c1cc(C2CC2)on1. The number of hydrogen-bond donors (Lipinski definition) is 1. The van der Waals surface area contributed by atoms with Crippen LogP contribution >= 0.6 is 0 Å². The molecule has 0 saturated heterocycles. The van der Waals surface area contributed by atoms with Gasteiger partial charge >= 0.3 is 0 Å². The molecule has 6 nitrogen and oxygen atoms in total. The highest BCUT2D eigenvalue weighted by Crippen LogP contribution is 2.40. The predicted octanol–water partition coefficient (Wildman–Crippen LogP) is 3.67. The van der Waals surface area contributed by atoms with Crippen LogP contribution in [0.3, 0.4) is 0 Å². The number of aromatic nitrogens is 2. The van der Waals surface area contributed by atoms with Gasteiger partial charge in [0.15, 0.2) is 5.69 Å². The fourth-order valence-electron chi connectivity index (χ4n) is 2.48. The minimum Gasteiger partial charge on any atom is -0.439 e. The van der Waals surface area contributed by atoms with Gasteiger partial charge in [0.25, 0.3) is 5.91 Å². The van der Waals surface area contributed by atoms with E-state index in [1.54, 1.807) is 18.3 Å². The molecule has 0 unspecified atom stereocenters. The summed E-state index contributed by atoms with van der Waals surface area (Å²) in [5.41, 5.74) is 1.25. The average molecular weight is 335 g/mol. The van der Waals surface area contributed by atoms with Gasteiger partial charge in [-0.15, -0.1) is 0 Å². The van der Waals surface area contributed by atoms with Crippen molar-refractivity contribution in [3.63, 3.8) is 0 Å². The Morgan fingerprint density at radius 2 is 2.12 bits per heavy atom. The molecule has 1 N–H and O–H groups in total. The normalized spacial score (nSPS) is 13.4. The van der Waals surface area contributed by atoms with Crippen LogP contribution in [0.2, 0.25) is 0 Å². The number of hydrogen-bond acceptors (Lipinski definition) is 5. The lowest BCUT2D eigenvalue weighted by atomic mass is 10.2. The van der Waals surface area contributed by atoms with Crippen molar-refractivity contribution >= 4 is 5.91 Å². The van der Waals surface area contributed by atoms with Gasteiger partial charge in [0, 0.05) is 30.8 Å². The summed E-state index contributed by atoms with van der Waals surface area (Å²) in [5, 5.41) is 6.69. The van der Waals surface area contributed by atoms with Gasteiger partial charge in [-0.3, -0.25) is 4.79 Å². The second-order valence-electron chi connectivity index (χ2n) is 5.99. The van der Waals surface area contributed by atoms with Crippen molar-refractivity contribution in [1.29, 1.82) is 0 Å². The molecule has 4 rings (SSSR count). The summed E-state index contributed by atoms with van der Waals surface area (Å²) in [5.74, 6) is 2.19. The van der Waals surface area contributed by atoms with E-state index in [-0.39, 0.29) is 5.91 Å². The highest BCUT2D eigenvalue weighted by molar-refractivity contribution is 5.92. The fraction of sp³-hybridized carbons (Fsp3) is 0.211. The van der Waals surface area contributed by atoms with E-state index in [4.69, 9.17) is 9.26 Å². The largest absolute Gasteiger partial charge is 0.439 e. The quantitative estimate of drug-likeness (QED) is 0.744. The third-order valence-electron chi connectivity index (χ3n) is 3.95. The minimum atomic E-state index is -0.244. The Kier molecular flexibility index (Phi) is 4.16. The third kappa shape index (κ3) is 3.85. The number of nitrogens with one attached hydrogen (secondary N) is 1. The van der Waals surface area contributed by atoms with E-state index in [0.29, 0.717) is 29.8 Å². The Morgan fingerprint density at radius 1 is 1.20 bits per heavy atom. The molecule has 0 bridgehead atoms. The summed E-state index contributed by atoms with van der Waals surface area (Å²) in [7, 11) is 0. The van der Waals surface area contributed by atoms with Crippen molar-refractivity contribution in [2.45, 2.75) is 25.3 Å². The van der Waals surface area contributed by atoms with Gasteiger partial charge in [-0.25, -0.2) is 4.98 Å². The lowest BCUT2D eigenvalue weighted by molar-refractivity contribution is 0.0941. The number of pyridine rings is 1. The van der Waals surface area contributed by atoms with Gasteiger partial charge in [-0.05, 0) is 36.6 Å². The van der Waals surface area contributed by atoms with Crippen LogP contribution in [0, 0.1) is 0 Å². The molecule has 2 heterocycles. The van der Waals surface area contributed by atoms with Crippen LogP contribution < -0.4 is 10.1 Å². The van der Waals surface area contributed by atoms with E-state index in [1.807, 2.05) is 36.4 Å². The van der Waals surface area contributed by atoms with Crippen molar-refractivity contribution in [3.05, 3.63) is 71.7 Å². The van der Waals surface area contributed by atoms with Crippen LogP contribution in [0.15, 0.2) is 59.3 Å². The summed E-state index contributed by atoms with van der Waals surface area (Å²) in [6, 6.07) is 14.7. The van der Waals surface area contributed by atoms with E-state index in [2.05, 4.69) is 15.5 Å². The summed E-state index contributed by atoms with van der Waals surface area (Å²) in [6.07, 6.45) is 3.89. The molecule has 1 aliphatic rings. The van der Waals surface area contributed by atoms with E-state index in [0.717, 1.165) is 24.2 Å². The highest BCUT2D eigenvalue weighted by Gasteiger charge is 2.28. The monoisotopic (exact) mass is 335 g/mol. The molecule has 1 fully saturated rings. The first-order chi connectivity index (χ1) is 12.3. The second-order valence-corrected chi connectivity index (χ2v) is 5.99. The van der Waals surface area contributed by atoms with Crippen molar-refractivity contribution in [1.82, 2.24) is 15.5 Å². The molecule has 6 heteroatoms. The Hall–Kier alpha value is -3.15. The molecule has 0 atom stereocenters. The molecule has 1 aromatic carbocycles. The topological polar surface area (TPSA) is 77.2 Å². The Morgan fingerprint density at radius 3 is 2.92 bits per heavy atom. The molecule has 1 aliphatic carbocycles. The van der Waals surface area contributed by atoms with E-state index in [9.17, 15) is 4.79 Å². The molecule has 0 radical (unpaired) electrons. The standard InChI is InChI=1S/C19H17N3O3/c23-19(16-11-17(25-22-16)14-7-8-14)21-12-13-4-3-5-15(10-13)24-18-6-1-2-9-20-18/h1-6,9-11,14H,7-8,12H2,(H,21,23). The zero-order valence-corrected chi connectivity index (χ0v) is 13.5. The maximum atomic E-state index is 12.2. The van der Waals surface area contributed by atoms with Crippen LogP contribution in [0.1, 0.15) is 40.6 Å². The predicted molar refractivity (Wildman–Crippen MR) is 90.4 cm³/mol. The fourth-order valence-corrected chi connectivity index (χ4v) is 2.48. The van der Waals surface area contributed by atoms with Crippen LogP contribution in [0.25, 0.3) is 0 Å². The van der Waals surface area contributed by atoms with E-state index < -0.39 is 0 Å². The number of rotatable bonds is 6. The van der Waals surface area contributed by atoms with E-state index in [1.165, 1.54) is 0 Å². The summed E-state index contributed by atoms with van der Waals surface area (Å²) >= 11 is 0. The number of carbonyl (C=O) groups is 1. The molecule has 0 spiro atoms. The summed E-state index contributed by atoms with van der Waals surface area (Å²) in [4.78, 5) is 16.3. The molecule has 0 aliphatic heterocycles. The van der Waals surface area contributed by atoms with Gasteiger partial charge in [-0.2, -0.15) is 0 Å². The molecule has 2 aromatic heterocycles. The van der Waals surface area contributed by atoms with Gasteiger partial charge in [0.05, 0.1) is 0 Å². The maximum absolute atomic E-state index is 12.2. The van der Waals surface area contributed by atoms with Crippen molar-refractivity contribution in [2.24, 2.45) is 0 Å². The molecule has 126 valence electrons. The number of benzene rings is 1. The number of amides is 1. The van der Waals surface area contributed by atoms with Crippen LogP contribution in [0.4, 0.5) is 0 Å². The van der Waals surface area contributed by atoms with Crippen molar-refractivity contribution < 1.29 is 14.1 Å². The first kappa shape index (κ1) is 15.4. The lowest BCUT2D eigenvalue weighted by Crippen LogP contribution is -2.23. The molecular weight excluding hydrogens is 318 g/mol. The molecule has 3 aromatic rings. The Bertz CT molecular complexity index is 872. The average Bonchev–Trinajstić information content (AvgIpc) is 3.38. The van der Waals surface area contributed by atoms with Crippen LogP contribution in [0.5, 0.6) is 11.6 Å². The van der Waals surface area contributed by atoms with Crippen molar-refractivity contribution in [3.8, 4) is 11.6 Å². The second kappa shape index (κ2) is 6.76.